The summed E-state index contributed by atoms with van der Waals surface area (Å²) in [5, 5.41) is 20.2. The molecule has 9 nitrogen and oxygen atoms in total. The maximum absolute atomic E-state index is 12.7. The van der Waals surface area contributed by atoms with Crippen LogP contribution in [-0.4, -0.2) is 43.3 Å². The number of nitrogens with zero attached hydrogens (tertiary/aromatic N) is 4. The maximum atomic E-state index is 12.7. The van der Waals surface area contributed by atoms with E-state index in [1.807, 2.05) is 6.07 Å². The number of benzene rings is 1. The Morgan fingerprint density at radius 2 is 2.07 bits per heavy atom. The number of rotatable bonds is 5. The molecule has 0 saturated heterocycles. The molecule has 4 rings (SSSR count). The Kier molecular flexibility index (Phi) is 5.16. The van der Waals surface area contributed by atoms with E-state index >= 15 is 0 Å². The molecule has 0 aliphatic heterocycles. The highest BCUT2D eigenvalue weighted by molar-refractivity contribution is 6.05. The summed E-state index contributed by atoms with van der Waals surface area (Å²) in [6, 6.07) is 5.62. The lowest BCUT2D eigenvalue weighted by molar-refractivity contribution is 0.0947. The number of fused-ring (bicyclic) bond motifs is 1. The minimum Gasteiger partial charge on any atom is -0.393 e. The smallest absolute Gasteiger partial charge is 0.253 e. The molecule has 0 bridgehead atoms. The van der Waals surface area contributed by atoms with Crippen LogP contribution in [0.5, 0.6) is 0 Å². The third kappa shape index (κ3) is 4.09. The van der Waals surface area contributed by atoms with Gasteiger partial charge in [-0.25, -0.2) is 9.97 Å². The van der Waals surface area contributed by atoms with Crippen molar-refractivity contribution in [3.05, 3.63) is 41.7 Å². The number of carbonyl (C=O) groups is 1. The first-order valence-corrected chi connectivity index (χ1v) is 9.36. The minimum absolute atomic E-state index is 0.149. The summed E-state index contributed by atoms with van der Waals surface area (Å²) in [6.07, 6.45) is 4.78. The number of aryl methyl sites for hydroxylation is 1. The second-order valence-corrected chi connectivity index (χ2v) is 7.00. The summed E-state index contributed by atoms with van der Waals surface area (Å²) in [6.45, 7) is 1.87. The number of aromatic nitrogens is 4. The van der Waals surface area contributed by atoms with E-state index in [-0.39, 0.29) is 24.6 Å². The fourth-order valence-electron chi connectivity index (χ4n) is 3.37. The lowest BCUT2D eigenvalue weighted by Crippen LogP contribution is -2.29. The van der Waals surface area contributed by atoms with E-state index in [4.69, 9.17) is 4.52 Å². The zero-order valence-corrected chi connectivity index (χ0v) is 15.6. The molecule has 1 aliphatic carbocycles. The van der Waals surface area contributed by atoms with Gasteiger partial charge in [0.25, 0.3) is 5.91 Å². The van der Waals surface area contributed by atoms with Crippen molar-refractivity contribution in [2.45, 2.75) is 51.3 Å². The van der Waals surface area contributed by atoms with Crippen molar-refractivity contribution in [3.63, 3.8) is 0 Å². The zero-order valence-electron chi connectivity index (χ0n) is 15.6. The Bertz CT molecular complexity index is 981. The zero-order chi connectivity index (χ0) is 19.5. The maximum Gasteiger partial charge on any atom is 0.253 e. The third-order valence-electron chi connectivity index (χ3n) is 4.86. The largest absolute Gasteiger partial charge is 0.393 e. The Morgan fingerprint density at radius 1 is 1.25 bits per heavy atom. The molecular formula is C19H22N6O3. The Balaban J connectivity index is 1.51. The molecule has 0 atom stereocenters. The fraction of sp³-hybridized carbons (Fsp3) is 0.421. The third-order valence-corrected chi connectivity index (χ3v) is 4.86. The first-order valence-electron chi connectivity index (χ1n) is 9.36. The van der Waals surface area contributed by atoms with Crippen molar-refractivity contribution in [2.24, 2.45) is 0 Å². The lowest BCUT2D eigenvalue weighted by atomic mass is 9.93. The molecule has 9 heteroatoms. The lowest BCUT2D eigenvalue weighted by Gasteiger charge is -2.26. The highest BCUT2D eigenvalue weighted by atomic mass is 16.5. The molecular weight excluding hydrogens is 360 g/mol. The summed E-state index contributed by atoms with van der Waals surface area (Å²) in [7, 11) is 0. The van der Waals surface area contributed by atoms with Crippen LogP contribution in [0.3, 0.4) is 0 Å². The van der Waals surface area contributed by atoms with E-state index in [0.717, 1.165) is 31.1 Å². The quantitative estimate of drug-likeness (QED) is 0.611. The van der Waals surface area contributed by atoms with Crippen LogP contribution in [0.25, 0.3) is 10.9 Å². The Labute approximate surface area is 161 Å². The summed E-state index contributed by atoms with van der Waals surface area (Å²) >= 11 is 0. The topological polar surface area (TPSA) is 126 Å². The molecule has 28 heavy (non-hydrogen) atoms. The molecule has 3 N–H and O–H groups in total. The molecule has 1 saturated carbocycles. The van der Waals surface area contributed by atoms with E-state index < -0.39 is 0 Å². The van der Waals surface area contributed by atoms with Gasteiger partial charge in [0, 0.05) is 17.6 Å². The number of nitrogens with one attached hydrogen (secondary N) is 2. The number of anilines is 1. The molecule has 0 radical (unpaired) electrons. The van der Waals surface area contributed by atoms with Crippen molar-refractivity contribution < 1.29 is 14.4 Å². The van der Waals surface area contributed by atoms with Crippen LogP contribution in [0, 0.1) is 6.92 Å². The number of amides is 1. The van der Waals surface area contributed by atoms with Gasteiger partial charge in [-0.2, -0.15) is 4.98 Å². The summed E-state index contributed by atoms with van der Waals surface area (Å²) in [4.78, 5) is 25.7. The van der Waals surface area contributed by atoms with Gasteiger partial charge in [0.15, 0.2) is 5.82 Å². The molecule has 0 unspecified atom stereocenters. The second-order valence-electron chi connectivity index (χ2n) is 7.00. The molecule has 0 spiro atoms. The van der Waals surface area contributed by atoms with Crippen molar-refractivity contribution in [1.29, 1.82) is 0 Å². The predicted octanol–water partition coefficient (Wildman–Crippen LogP) is 1.97. The molecule has 1 aromatic carbocycles. The predicted molar refractivity (Wildman–Crippen MR) is 102 cm³/mol. The molecule has 146 valence electrons. The van der Waals surface area contributed by atoms with Crippen LogP contribution < -0.4 is 10.6 Å². The van der Waals surface area contributed by atoms with Crippen LogP contribution in [0.4, 0.5) is 5.95 Å². The van der Waals surface area contributed by atoms with Gasteiger partial charge in [0.2, 0.25) is 11.8 Å². The minimum atomic E-state index is -0.271. The molecule has 2 heterocycles. The van der Waals surface area contributed by atoms with Gasteiger partial charge in [-0.15, -0.1) is 0 Å². The standard InChI is InChI=1S/C19H22N6O3/c1-11-22-16(28-25-11)10-20-18(27)15-4-2-3-12-9-21-19(24-17(12)15)23-13-5-7-14(26)8-6-13/h2-4,9,13-14,26H,5-8,10H2,1H3,(H,20,27)(H,21,23,24)/t13-,14-. The first-order chi connectivity index (χ1) is 13.6. The van der Waals surface area contributed by atoms with E-state index in [1.54, 1.807) is 25.3 Å². The van der Waals surface area contributed by atoms with Crippen LogP contribution in [0.2, 0.25) is 0 Å². The van der Waals surface area contributed by atoms with E-state index in [0.29, 0.717) is 28.7 Å². The highest BCUT2D eigenvalue weighted by Gasteiger charge is 2.20. The van der Waals surface area contributed by atoms with Gasteiger partial charge >= 0.3 is 0 Å². The Morgan fingerprint density at radius 3 is 2.82 bits per heavy atom. The van der Waals surface area contributed by atoms with Crippen molar-refractivity contribution in [3.8, 4) is 0 Å². The van der Waals surface area contributed by atoms with E-state index in [9.17, 15) is 9.90 Å². The summed E-state index contributed by atoms with van der Waals surface area (Å²) in [5.74, 6) is 1.09. The fourth-order valence-corrected chi connectivity index (χ4v) is 3.37. The molecule has 1 fully saturated rings. The Hall–Kier alpha value is -3.07. The number of carbonyl (C=O) groups excluding carboxylic acids is 1. The number of hydrogen-bond acceptors (Lipinski definition) is 8. The highest BCUT2D eigenvalue weighted by Crippen LogP contribution is 2.22. The first kappa shape index (κ1) is 18.3. The molecule has 1 aliphatic rings. The molecule has 3 aromatic rings. The van der Waals surface area contributed by atoms with Gasteiger partial charge in [0.05, 0.1) is 23.7 Å². The number of aliphatic hydroxyl groups excluding tert-OH is 1. The monoisotopic (exact) mass is 382 g/mol. The molecule has 1 amide bonds. The number of para-hydroxylation sites is 1. The average molecular weight is 382 g/mol. The van der Waals surface area contributed by atoms with Gasteiger partial charge in [-0.3, -0.25) is 4.79 Å². The van der Waals surface area contributed by atoms with Crippen LogP contribution in [0.15, 0.2) is 28.9 Å². The van der Waals surface area contributed by atoms with Crippen LogP contribution in [0.1, 0.15) is 47.8 Å². The van der Waals surface area contributed by atoms with Gasteiger partial charge < -0.3 is 20.3 Å². The van der Waals surface area contributed by atoms with Crippen molar-refractivity contribution in [2.75, 3.05) is 5.32 Å². The van der Waals surface area contributed by atoms with Gasteiger partial charge in [-0.05, 0) is 38.7 Å². The van der Waals surface area contributed by atoms with E-state index in [1.165, 1.54) is 0 Å². The van der Waals surface area contributed by atoms with E-state index in [2.05, 4.69) is 30.7 Å². The molecule has 2 aromatic heterocycles. The second kappa shape index (κ2) is 7.89. The SMILES string of the molecule is Cc1noc(CNC(=O)c2cccc3cnc(N[C@H]4CC[C@H](O)CC4)nc23)n1. The normalized spacial score (nSPS) is 19.5. The van der Waals surface area contributed by atoms with Crippen molar-refractivity contribution >= 4 is 22.8 Å². The van der Waals surface area contributed by atoms with Crippen LogP contribution in [-0.2, 0) is 6.54 Å². The van der Waals surface area contributed by atoms with Gasteiger partial charge in [0.1, 0.15) is 0 Å². The number of aliphatic hydroxyl groups is 1. The summed E-state index contributed by atoms with van der Waals surface area (Å²) in [5.41, 5.74) is 1.04. The average Bonchev–Trinajstić information content (AvgIpc) is 3.12. The van der Waals surface area contributed by atoms with Crippen LogP contribution >= 0.6 is 0 Å². The van der Waals surface area contributed by atoms with Crippen molar-refractivity contribution in [1.82, 2.24) is 25.4 Å². The summed E-state index contributed by atoms with van der Waals surface area (Å²) < 4.78 is 5.02. The van der Waals surface area contributed by atoms with Gasteiger partial charge in [-0.1, -0.05) is 17.3 Å². The number of hydrogen-bond donors (Lipinski definition) is 3.